The van der Waals surface area contributed by atoms with Gasteiger partial charge in [0, 0.05) is 12.6 Å². The fraction of sp³-hybridized carbons (Fsp3) is 0.750. The number of nitrogens with zero attached hydrogens (tertiary/aromatic N) is 1. The highest BCUT2D eigenvalue weighted by molar-refractivity contribution is 5.09. The summed E-state index contributed by atoms with van der Waals surface area (Å²) in [7, 11) is 0. The molecular weight excluding hydrogens is 236 g/mol. The van der Waals surface area contributed by atoms with E-state index in [0.29, 0.717) is 5.41 Å². The molecule has 0 amide bonds. The SMILES string of the molecule is CCC(N)C(c1ccco1)N1CCC(C(C)(C)C)C1. The fourth-order valence-electron chi connectivity index (χ4n) is 3.09. The van der Waals surface area contributed by atoms with Crippen molar-refractivity contribution in [3.8, 4) is 0 Å². The predicted octanol–water partition coefficient (Wildman–Crippen LogP) is 3.43. The van der Waals surface area contributed by atoms with E-state index in [2.05, 4.69) is 38.7 Å². The minimum absolute atomic E-state index is 0.143. The highest BCUT2D eigenvalue weighted by atomic mass is 16.3. The van der Waals surface area contributed by atoms with Gasteiger partial charge in [0.2, 0.25) is 0 Å². The van der Waals surface area contributed by atoms with Gasteiger partial charge in [0.15, 0.2) is 0 Å². The molecule has 2 heterocycles. The van der Waals surface area contributed by atoms with Crippen LogP contribution in [-0.2, 0) is 0 Å². The molecule has 0 spiro atoms. The lowest BCUT2D eigenvalue weighted by atomic mass is 9.80. The summed E-state index contributed by atoms with van der Waals surface area (Å²) in [5.41, 5.74) is 6.71. The number of rotatable bonds is 4. The lowest BCUT2D eigenvalue weighted by molar-refractivity contribution is 0.157. The Labute approximate surface area is 117 Å². The minimum atomic E-state index is 0.143. The molecule has 0 aliphatic carbocycles. The lowest BCUT2D eigenvalue weighted by Gasteiger charge is -2.32. The zero-order chi connectivity index (χ0) is 14.0. The summed E-state index contributed by atoms with van der Waals surface area (Å²) >= 11 is 0. The van der Waals surface area contributed by atoms with Crippen molar-refractivity contribution in [3.05, 3.63) is 24.2 Å². The van der Waals surface area contributed by atoms with Gasteiger partial charge in [-0.15, -0.1) is 0 Å². The van der Waals surface area contributed by atoms with E-state index in [1.807, 2.05) is 6.07 Å². The highest BCUT2D eigenvalue weighted by Gasteiger charge is 2.37. The number of hydrogen-bond donors (Lipinski definition) is 1. The highest BCUT2D eigenvalue weighted by Crippen LogP contribution is 2.38. The van der Waals surface area contributed by atoms with Crippen LogP contribution in [0.5, 0.6) is 0 Å². The van der Waals surface area contributed by atoms with Gasteiger partial charge in [-0.25, -0.2) is 0 Å². The van der Waals surface area contributed by atoms with Crippen LogP contribution in [0.2, 0.25) is 0 Å². The lowest BCUT2D eigenvalue weighted by Crippen LogP contribution is -2.40. The van der Waals surface area contributed by atoms with E-state index in [0.717, 1.165) is 31.2 Å². The van der Waals surface area contributed by atoms with Gasteiger partial charge in [-0.05, 0) is 42.9 Å². The Hall–Kier alpha value is -0.800. The van der Waals surface area contributed by atoms with Gasteiger partial charge >= 0.3 is 0 Å². The number of hydrogen-bond acceptors (Lipinski definition) is 3. The van der Waals surface area contributed by atoms with Crippen molar-refractivity contribution in [2.75, 3.05) is 13.1 Å². The second-order valence-electron chi connectivity index (χ2n) is 6.88. The molecule has 0 aromatic carbocycles. The predicted molar refractivity (Wildman–Crippen MR) is 78.9 cm³/mol. The summed E-state index contributed by atoms with van der Waals surface area (Å²) in [4.78, 5) is 2.52. The molecule has 1 fully saturated rings. The molecule has 3 atom stereocenters. The maximum Gasteiger partial charge on any atom is 0.122 e. The van der Waals surface area contributed by atoms with Gasteiger partial charge in [-0.3, -0.25) is 4.90 Å². The van der Waals surface area contributed by atoms with Crippen molar-refractivity contribution in [1.82, 2.24) is 4.90 Å². The molecule has 3 nitrogen and oxygen atoms in total. The second kappa shape index (κ2) is 5.68. The molecule has 2 N–H and O–H groups in total. The molecule has 1 saturated heterocycles. The quantitative estimate of drug-likeness (QED) is 0.906. The van der Waals surface area contributed by atoms with E-state index in [9.17, 15) is 0 Å². The summed E-state index contributed by atoms with van der Waals surface area (Å²) < 4.78 is 5.63. The van der Waals surface area contributed by atoms with Gasteiger partial charge in [0.1, 0.15) is 5.76 Å². The zero-order valence-corrected chi connectivity index (χ0v) is 12.7. The molecule has 0 bridgehead atoms. The van der Waals surface area contributed by atoms with E-state index in [1.165, 1.54) is 6.42 Å². The molecular formula is C16H28N2O. The van der Waals surface area contributed by atoms with Crippen molar-refractivity contribution >= 4 is 0 Å². The van der Waals surface area contributed by atoms with E-state index in [1.54, 1.807) is 6.26 Å². The Kier molecular flexibility index (Phi) is 4.36. The molecule has 2 rings (SSSR count). The standard InChI is InChI=1S/C16H28N2O/c1-5-13(17)15(14-7-6-10-19-14)18-9-8-12(11-18)16(2,3)4/h6-7,10,12-13,15H,5,8-9,11,17H2,1-4H3. The first kappa shape index (κ1) is 14.6. The summed E-state index contributed by atoms with van der Waals surface area (Å²) in [5, 5.41) is 0. The van der Waals surface area contributed by atoms with Crippen LogP contribution in [0.25, 0.3) is 0 Å². The maximum atomic E-state index is 6.34. The zero-order valence-electron chi connectivity index (χ0n) is 12.7. The second-order valence-corrected chi connectivity index (χ2v) is 6.88. The average molecular weight is 264 g/mol. The van der Waals surface area contributed by atoms with Crippen molar-refractivity contribution in [3.63, 3.8) is 0 Å². The summed E-state index contributed by atoms with van der Waals surface area (Å²) in [6.07, 6.45) is 3.99. The van der Waals surface area contributed by atoms with E-state index in [-0.39, 0.29) is 12.1 Å². The molecule has 1 aromatic rings. The molecule has 3 unspecified atom stereocenters. The third kappa shape index (κ3) is 3.21. The van der Waals surface area contributed by atoms with Crippen LogP contribution >= 0.6 is 0 Å². The Bertz CT molecular complexity index is 380. The Morgan fingerprint density at radius 3 is 2.68 bits per heavy atom. The Morgan fingerprint density at radius 1 is 1.47 bits per heavy atom. The van der Waals surface area contributed by atoms with E-state index >= 15 is 0 Å². The molecule has 0 saturated carbocycles. The Morgan fingerprint density at radius 2 is 2.21 bits per heavy atom. The molecule has 1 aromatic heterocycles. The van der Waals surface area contributed by atoms with E-state index in [4.69, 9.17) is 10.2 Å². The van der Waals surface area contributed by atoms with Crippen LogP contribution in [0.4, 0.5) is 0 Å². The van der Waals surface area contributed by atoms with Gasteiger partial charge in [0.05, 0.1) is 12.3 Å². The number of nitrogens with two attached hydrogens (primary N) is 1. The number of furan rings is 1. The molecule has 19 heavy (non-hydrogen) atoms. The van der Waals surface area contributed by atoms with Gasteiger partial charge in [-0.2, -0.15) is 0 Å². The summed E-state index contributed by atoms with van der Waals surface area (Å²) in [5.74, 6) is 1.76. The van der Waals surface area contributed by atoms with E-state index < -0.39 is 0 Å². The first-order chi connectivity index (χ1) is 8.93. The fourth-order valence-corrected chi connectivity index (χ4v) is 3.09. The van der Waals surface area contributed by atoms with Crippen LogP contribution in [0.1, 0.15) is 52.3 Å². The van der Waals surface area contributed by atoms with Crippen molar-refractivity contribution in [2.45, 2.75) is 52.6 Å². The monoisotopic (exact) mass is 264 g/mol. The van der Waals surface area contributed by atoms with Crippen LogP contribution in [0.3, 0.4) is 0 Å². The van der Waals surface area contributed by atoms with Crippen LogP contribution in [0.15, 0.2) is 22.8 Å². The molecule has 1 aliphatic heterocycles. The summed E-state index contributed by atoms with van der Waals surface area (Å²) in [6, 6.07) is 4.39. The minimum Gasteiger partial charge on any atom is -0.468 e. The normalized spacial score (nSPS) is 24.6. The summed E-state index contributed by atoms with van der Waals surface area (Å²) in [6.45, 7) is 11.4. The molecule has 3 heteroatoms. The van der Waals surface area contributed by atoms with Crippen molar-refractivity contribution in [2.24, 2.45) is 17.1 Å². The molecule has 1 aliphatic rings. The maximum absolute atomic E-state index is 6.34. The van der Waals surface area contributed by atoms with Crippen molar-refractivity contribution in [1.29, 1.82) is 0 Å². The number of likely N-dealkylation sites (tertiary alicyclic amines) is 1. The van der Waals surface area contributed by atoms with Gasteiger partial charge in [0.25, 0.3) is 0 Å². The third-order valence-electron chi connectivity index (χ3n) is 4.55. The molecule has 108 valence electrons. The first-order valence-electron chi connectivity index (χ1n) is 7.46. The molecule has 0 radical (unpaired) electrons. The van der Waals surface area contributed by atoms with Gasteiger partial charge in [-0.1, -0.05) is 27.7 Å². The third-order valence-corrected chi connectivity index (χ3v) is 4.55. The average Bonchev–Trinajstić information content (AvgIpc) is 2.99. The smallest absolute Gasteiger partial charge is 0.122 e. The largest absolute Gasteiger partial charge is 0.468 e. The van der Waals surface area contributed by atoms with Crippen LogP contribution in [0, 0.1) is 11.3 Å². The van der Waals surface area contributed by atoms with Crippen LogP contribution < -0.4 is 5.73 Å². The van der Waals surface area contributed by atoms with Crippen molar-refractivity contribution < 1.29 is 4.42 Å². The van der Waals surface area contributed by atoms with Crippen LogP contribution in [-0.4, -0.2) is 24.0 Å². The first-order valence-corrected chi connectivity index (χ1v) is 7.46. The topological polar surface area (TPSA) is 42.4 Å². The Balaban J connectivity index is 2.13. The van der Waals surface area contributed by atoms with Gasteiger partial charge < -0.3 is 10.2 Å².